The van der Waals surface area contributed by atoms with Gasteiger partial charge >= 0.3 is 0 Å². The predicted octanol–water partition coefficient (Wildman–Crippen LogP) is 2.71. The Balaban J connectivity index is 2.32. The monoisotopic (exact) mass is 191 g/mol. The Morgan fingerprint density at radius 2 is 1.93 bits per heavy atom. The zero-order chi connectivity index (χ0) is 10.2. The van der Waals surface area contributed by atoms with Crippen LogP contribution >= 0.6 is 0 Å². The molecule has 0 saturated heterocycles. The standard InChI is InChI=1S/C12H15O2/c1-2-3-4-9-14-12-7-5-11(10-13)6-8-12/h5-8H,2-4,9H2,1H3. The minimum absolute atomic E-state index is 0.561. The summed E-state index contributed by atoms with van der Waals surface area (Å²) >= 11 is 0. The molecule has 0 aliphatic rings. The summed E-state index contributed by atoms with van der Waals surface area (Å²) in [6.07, 6.45) is 5.30. The van der Waals surface area contributed by atoms with E-state index in [2.05, 4.69) is 6.92 Å². The summed E-state index contributed by atoms with van der Waals surface area (Å²) in [5.74, 6) is 0.820. The first kappa shape index (κ1) is 10.8. The maximum atomic E-state index is 10.3. The first-order chi connectivity index (χ1) is 6.86. The Bertz CT molecular complexity index is 264. The molecule has 0 saturated carbocycles. The van der Waals surface area contributed by atoms with Crippen LogP contribution in [0.25, 0.3) is 0 Å². The van der Waals surface area contributed by atoms with E-state index in [0.717, 1.165) is 18.8 Å². The van der Waals surface area contributed by atoms with Gasteiger partial charge in [0.25, 0.3) is 0 Å². The zero-order valence-corrected chi connectivity index (χ0v) is 8.45. The summed E-state index contributed by atoms with van der Waals surface area (Å²) in [7, 11) is 0. The SMILES string of the molecule is CCCCCOc1ccc([C]=O)cc1. The smallest absolute Gasteiger partial charge is 0.233 e. The molecule has 0 spiro atoms. The average Bonchev–Trinajstić information content (AvgIpc) is 2.25. The molecule has 1 aromatic rings. The third kappa shape index (κ3) is 3.60. The predicted molar refractivity (Wildman–Crippen MR) is 56.3 cm³/mol. The molecule has 0 N–H and O–H groups in total. The second-order valence-electron chi connectivity index (χ2n) is 3.18. The van der Waals surface area contributed by atoms with Gasteiger partial charge < -0.3 is 4.74 Å². The summed E-state index contributed by atoms with van der Waals surface area (Å²) in [4.78, 5) is 10.3. The Morgan fingerprint density at radius 3 is 2.50 bits per heavy atom. The van der Waals surface area contributed by atoms with Crippen LogP contribution in [0.2, 0.25) is 0 Å². The van der Waals surface area contributed by atoms with Gasteiger partial charge in [-0.1, -0.05) is 19.8 Å². The lowest BCUT2D eigenvalue weighted by atomic mass is 10.2. The fraction of sp³-hybridized carbons (Fsp3) is 0.417. The van der Waals surface area contributed by atoms with E-state index < -0.39 is 0 Å². The number of hydrogen-bond donors (Lipinski definition) is 0. The summed E-state index contributed by atoms with van der Waals surface area (Å²) in [6, 6.07) is 7.02. The third-order valence-corrected chi connectivity index (χ3v) is 1.99. The third-order valence-electron chi connectivity index (χ3n) is 1.99. The highest BCUT2D eigenvalue weighted by molar-refractivity contribution is 5.75. The Kier molecular flexibility index (Phi) is 4.76. The van der Waals surface area contributed by atoms with Crippen molar-refractivity contribution in [1.82, 2.24) is 0 Å². The molecule has 0 heterocycles. The highest BCUT2D eigenvalue weighted by Crippen LogP contribution is 2.11. The first-order valence-electron chi connectivity index (χ1n) is 4.98. The largest absolute Gasteiger partial charge is 0.494 e. The van der Waals surface area contributed by atoms with Gasteiger partial charge in [-0.25, -0.2) is 0 Å². The van der Waals surface area contributed by atoms with Gasteiger partial charge in [0.15, 0.2) is 0 Å². The van der Waals surface area contributed by atoms with E-state index in [1.54, 1.807) is 24.3 Å². The maximum Gasteiger partial charge on any atom is 0.233 e. The summed E-state index contributed by atoms with van der Waals surface area (Å²) in [6.45, 7) is 2.91. The molecule has 0 bridgehead atoms. The van der Waals surface area contributed by atoms with Gasteiger partial charge in [0.05, 0.1) is 6.61 Å². The van der Waals surface area contributed by atoms with Gasteiger partial charge in [-0.15, -0.1) is 0 Å². The van der Waals surface area contributed by atoms with Crippen molar-refractivity contribution in [2.24, 2.45) is 0 Å². The summed E-state index contributed by atoms with van der Waals surface area (Å²) in [5, 5.41) is 0. The van der Waals surface area contributed by atoms with Crippen molar-refractivity contribution in [3.63, 3.8) is 0 Å². The van der Waals surface area contributed by atoms with E-state index in [9.17, 15) is 4.79 Å². The van der Waals surface area contributed by atoms with Crippen LogP contribution in [-0.2, 0) is 4.79 Å². The number of hydrogen-bond acceptors (Lipinski definition) is 2. The van der Waals surface area contributed by atoms with Crippen LogP contribution in [0.5, 0.6) is 5.75 Å². The number of rotatable bonds is 6. The Labute approximate surface area is 84.9 Å². The molecule has 0 aliphatic heterocycles. The van der Waals surface area contributed by atoms with Crippen molar-refractivity contribution in [1.29, 1.82) is 0 Å². The maximum absolute atomic E-state index is 10.3. The van der Waals surface area contributed by atoms with Crippen molar-refractivity contribution < 1.29 is 9.53 Å². The molecule has 0 atom stereocenters. The average molecular weight is 191 g/mol. The van der Waals surface area contributed by atoms with Crippen molar-refractivity contribution >= 4 is 6.29 Å². The Hall–Kier alpha value is -1.31. The molecule has 2 heteroatoms. The van der Waals surface area contributed by atoms with Crippen LogP contribution in [0.15, 0.2) is 24.3 Å². The lowest BCUT2D eigenvalue weighted by Crippen LogP contribution is -1.96. The molecule has 0 aromatic heterocycles. The molecule has 1 aromatic carbocycles. The summed E-state index contributed by atoms with van der Waals surface area (Å²) < 4.78 is 5.48. The van der Waals surface area contributed by atoms with Crippen molar-refractivity contribution in [2.75, 3.05) is 6.61 Å². The van der Waals surface area contributed by atoms with Gasteiger partial charge in [0.2, 0.25) is 6.29 Å². The second kappa shape index (κ2) is 6.19. The van der Waals surface area contributed by atoms with Crippen LogP contribution < -0.4 is 4.74 Å². The normalized spacial score (nSPS) is 9.79. The van der Waals surface area contributed by atoms with E-state index in [4.69, 9.17) is 4.74 Å². The van der Waals surface area contributed by atoms with E-state index in [0.29, 0.717) is 5.56 Å². The molecular formula is C12H15O2. The van der Waals surface area contributed by atoms with Gasteiger partial charge in [0.1, 0.15) is 5.75 Å². The Morgan fingerprint density at radius 1 is 1.21 bits per heavy atom. The van der Waals surface area contributed by atoms with Crippen molar-refractivity contribution in [3.05, 3.63) is 29.8 Å². The number of carbonyl (C=O) groups excluding carboxylic acids is 1. The minimum atomic E-state index is 0.561. The van der Waals surface area contributed by atoms with Crippen LogP contribution in [0.1, 0.15) is 31.7 Å². The quantitative estimate of drug-likeness (QED) is 0.646. The van der Waals surface area contributed by atoms with E-state index in [1.807, 2.05) is 6.29 Å². The molecule has 14 heavy (non-hydrogen) atoms. The highest BCUT2D eigenvalue weighted by atomic mass is 16.5. The van der Waals surface area contributed by atoms with Crippen LogP contribution in [0, 0.1) is 0 Å². The van der Waals surface area contributed by atoms with Crippen molar-refractivity contribution in [2.45, 2.75) is 26.2 Å². The van der Waals surface area contributed by atoms with Crippen LogP contribution in [-0.4, -0.2) is 12.9 Å². The molecule has 0 aliphatic carbocycles. The molecule has 0 amide bonds. The molecule has 1 radical (unpaired) electrons. The van der Waals surface area contributed by atoms with Crippen LogP contribution in [0.3, 0.4) is 0 Å². The number of benzene rings is 1. The fourth-order valence-electron chi connectivity index (χ4n) is 1.16. The van der Waals surface area contributed by atoms with E-state index >= 15 is 0 Å². The lowest BCUT2D eigenvalue weighted by Gasteiger charge is -2.04. The van der Waals surface area contributed by atoms with Gasteiger partial charge in [-0.3, -0.25) is 4.79 Å². The molecule has 75 valence electrons. The molecule has 0 fully saturated rings. The first-order valence-corrected chi connectivity index (χ1v) is 4.98. The van der Waals surface area contributed by atoms with Crippen molar-refractivity contribution in [3.8, 4) is 5.75 Å². The van der Waals surface area contributed by atoms with E-state index in [1.165, 1.54) is 12.8 Å². The lowest BCUT2D eigenvalue weighted by molar-refractivity contribution is 0.306. The van der Waals surface area contributed by atoms with E-state index in [-0.39, 0.29) is 0 Å². The highest BCUT2D eigenvalue weighted by Gasteiger charge is 1.94. The summed E-state index contributed by atoms with van der Waals surface area (Å²) in [5.41, 5.74) is 0.561. The second-order valence-corrected chi connectivity index (χ2v) is 3.18. The zero-order valence-electron chi connectivity index (χ0n) is 8.45. The molecule has 0 unspecified atom stereocenters. The van der Waals surface area contributed by atoms with Gasteiger partial charge in [0, 0.05) is 5.56 Å². The molecule has 2 nitrogen and oxygen atoms in total. The van der Waals surface area contributed by atoms with Gasteiger partial charge in [-0.2, -0.15) is 0 Å². The fourth-order valence-corrected chi connectivity index (χ4v) is 1.16. The molecule has 1 rings (SSSR count). The number of unbranched alkanes of at least 4 members (excludes halogenated alkanes) is 2. The van der Waals surface area contributed by atoms with Gasteiger partial charge in [-0.05, 0) is 30.7 Å². The minimum Gasteiger partial charge on any atom is -0.494 e. The number of ether oxygens (including phenoxy) is 1. The van der Waals surface area contributed by atoms with Crippen LogP contribution in [0.4, 0.5) is 0 Å². The topological polar surface area (TPSA) is 26.3 Å². The molecular weight excluding hydrogens is 176 g/mol.